The predicted molar refractivity (Wildman–Crippen MR) is 73.3 cm³/mol. The first-order valence-corrected chi connectivity index (χ1v) is 7.38. The summed E-state index contributed by atoms with van der Waals surface area (Å²) in [5.74, 6) is 0.237. The molecular formula is C15H30O2. The number of unbranched alkanes of at least 4 members (excludes halogenated alkanes) is 7. The lowest BCUT2D eigenvalue weighted by Crippen LogP contribution is -1.93. The molecule has 0 radical (unpaired) electrons. The molecule has 0 aliphatic heterocycles. The number of rotatable bonds is 12. The fraction of sp³-hybridized carbons (Fsp3) is 0.933. The molecular weight excluding hydrogens is 212 g/mol. The number of hydrogen-bond donors (Lipinski definition) is 1. The fourth-order valence-electron chi connectivity index (χ4n) is 2.03. The van der Waals surface area contributed by atoms with Gasteiger partial charge in [0.1, 0.15) is 0 Å². The highest BCUT2D eigenvalue weighted by molar-refractivity contribution is 5.66. The molecule has 1 N–H and O–H groups in total. The molecule has 0 aromatic rings. The van der Waals surface area contributed by atoms with Gasteiger partial charge in [-0.15, -0.1) is 0 Å². The quantitative estimate of drug-likeness (QED) is 0.488. The van der Waals surface area contributed by atoms with Crippen molar-refractivity contribution in [1.29, 1.82) is 0 Å². The first-order chi connectivity index (χ1) is 8.16. The van der Waals surface area contributed by atoms with E-state index in [0.717, 1.165) is 18.8 Å². The maximum Gasteiger partial charge on any atom is 0.303 e. The lowest BCUT2D eigenvalue weighted by Gasteiger charge is -2.07. The molecule has 0 bridgehead atoms. The van der Waals surface area contributed by atoms with E-state index in [9.17, 15) is 4.79 Å². The molecule has 0 aromatic carbocycles. The molecule has 2 heteroatoms. The van der Waals surface area contributed by atoms with Crippen LogP contribution in [-0.2, 0) is 4.79 Å². The van der Waals surface area contributed by atoms with Gasteiger partial charge in [-0.2, -0.15) is 0 Å². The van der Waals surface area contributed by atoms with Crippen LogP contribution in [0.5, 0.6) is 0 Å². The van der Waals surface area contributed by atoms with Gasteiger partial charge in [-0.25, -0.2) is 0 Å². The first-order valence-electron chi connectivity index (χ1n) is 7.38. The molecule has 2 nitrogen and oxygen atoms in total. The van der Waals surface area contributed by atoms with Crippen molar-refractivity contribution in [1.82, 2.24) is 0 Å². The van der Waals surface area contributed by atoms with Crippen LogP contribution in [0.3, 0.4) is 0 Å². The summed E-state index contributed by atoms with van der Waals surface area (Å²) in [6.45, 7) is 4.60. The van der Waals surface area contributed by atoms with E-state index in [2.05, 4.69) is 13.8 Å². The van der Waals surface area contributed by atoms with E-state index in [1.165, 1.54) is 51.4 Å². The Hall–Kier alpha value is -0.530. The second-order valence-electron chi connectivity index (χ2n) is 5.27. The van der Waals surface area contributed by atoms with Crippen molar-refractivity contribution < 1.29 is 9.90 Å². The zero-order valence-electron chi connectivity index (χ0n) is 11.7. The van der Waals surface area contributed by atoms with Crippen LogP contribution in [-0.4, -0.2) is 11.1 Å². The molecule has 0 aromatic heterocycles. The molecule has 102 valence electrons. The van der Waals surface area contributed by atoms with Crippen LogP contribution in [0.15, 0.2) is 0 Å². The normalized spacial score (nSPS) is 12.6. The number of carbonyl (C=O) groups is 1. The summed E-state index contributed by atoms with van der Waals surface area (Å²) in [5.41, 5.74) is 0. The van der Waals surface area contributed by atoms with Crippen LogP contribution < -0.4 is 0 Å². The van der Waals surface area contributed by atoms with Gasteiger partial charge in [-0.1, -0.05) is 71.6 Å². The Morgan fingerprint density at radius 1 is 0.941 bits per heavy atom. The largest absolute Gasteiger partial charge is 0.481 e. The molecule has 0 unspecified atom stereocenters. The minimum absolute atomic E-state index is 0.342. The SMILES string of the molecule is CC[C@@H](C)CCCCCCCCCCC(=O)O. The summed E-state index contributed by atoms with van der Waals surface area (Å²) in [6, 6.07) is 0. The second kappa shape index (κ2) is 11.9. The number of carboxylic acid groups (broad SMARTS) is 1. The zero-order chi connectivity index (χ0) is 12.9. The molecule has 0 spiro atoms. The van der Waals surface area contributed by atoms with Crippen LogP contribution in [0.2, 0.25) is 0 Å². The van der Waals surface area contributed by atoms with Gasteiger partial charge >= 0.3 is 5.97 Å². The van der Waals surface area contributed by atoms with Gasteiger partial charge in [0, 0.05) is 6.42 Å². The third-order valence-electron chi connectivity index (χ3n) is 3.53. The van der Waals surface area contributed by atoms with Crippen LogP contribution >= 0.6 is 0 Å². The Morgan fingerprint density at radius 2 is 1.41 bits per heavy atom. The van der Waals surface area contributed by atoms with E-state index in [0.29, 0.717) is 6.42 Å². The Kier molecular flexibility index (Phi) is 11.6. The summed E-state index contributed by atoms with van der Waals surface area (Å²) in [6.07, 6.45) is 12.9. The minimum Gasteiger partial charge on any atom is -0.481 e. The zero-order valence-corrected chi connectivity index (χ0v) is 11.7. The maximum atomic E-state index is 10.3. The van der Waals surface area contributed by atoms with Crippen molar-refractivity contribution in [3.8, 4) is 0 Å². The van der Waals surface area contributed by atoms with Gasteiger partial charge in [0.2, 0.25) is 0 Å². The van der Waals surface area contributed by atoms with Gasteiger partial charge in [0.05, 0.1) is 0 Å². The van der Waals surface area contributed by atoms with Gasteiger partial charge < -0.3 is 5.11 Å². The molecule has 0 rings (SSSR count). The van der Waals surface area contributed by atoms with Crippen molar-refractivity contribution in [3.63, 3.8) is 0 Å². The van der Waals surface area contributed by atoms with E-state index >= 15 is 0 Å². The smallest absolute Gasteiger partial charge is 0.303 e. The lowest BCUT2D eigenvalue weighted by atomic mass is 9.99. The average molecular weight is 242 g/mol. The minimum atomic E-state index is -0.657. The lowest BCUT2D eigenvalue weighted by molar-refractivity contribution is -0.137. The second-order valence-corrected chi connectivity index (χ2v) is 5.27. The van der Waals surface area contributed by atoms with Crippen molar-refractivity contribution in [2.75, 3.05) is 0 Å². The van der Waals surface area contributed by atoms with Crippen LogP contribution in [0.25, 0.3) is 0 Å². The summed E-state index contributed by atoms with van der Waals surface area (Å²) in [4.78, 5) is 10.3. The Labute approximate surface area is 107 Å². The Balaban J connectivity index is 3.01. The van der Waals surface area contributed by atoms with Gasteiger partial charge in [-0.05, 0) is 12.3 Å². The van der Waals surface area contributed by atoms with Crippen molar-refractivity contribution >= 4 is 5.97 Å². The molecule has 0 heterocycles. The molecule has 0 amide bonds. The number of hydrogen-bond acceptors (Lipinski definition) is 1. The maximum absolute atomic E-state index is 10.3. The van der Waals surface area contributed by atoms with Crippen molar-refractivity contribution in [3.05, 3.63) is 0 Å². The van der Waals surface area contributed by atoms with Crippen molar-refractivity contribution in [2.24, 2.45) is 5.92 Å². The van der Waals surface area contributed by atoms with Gasteiger partial charge in [0.25, 0.3) is 0 Å². The van der Waals surface area contributed by atoms with E-state index in [-0.39, 0.29) is 0 Å². The van der Waals surface area contributed by atoms with Gasteiger partial charge in [0.15, 0.2) is 0 Å². The molecule has 0 aliphatic rings. The van der Waals surface area contributed by atoms with E-state index in [1.807, 2.05) is 0 Å². The third kappa shape index (κ3) is 13.4. The standard InChI is InChI=1S/C15H30O2/c1-3-14(2)12-10-8-6-4-5-7-9-11-13-15(16)17/h14H,3-13H2,1-2H3,(H,16,17)/t14-/m1/s1. The molecule has 1 atom stereocenters. The molecule has 17 heavy (non-hydrogen) atoms. The van der Waals surface area contributed by atoms with E-state index in [4.69, 9.17) is 5.11 Å². The van der Waals surface area contributed by atoms with Gasteiger partial charge in [-0.3, -0.25) is 4.79 Å². The van der Waals surface area contributed by atoms with Crippen molar-refractivity contribution in [2.45, 2.75) is 84.5 Å². The average Bonchev–Trinajstić information content (AvgIpc) is 2.30. The predicted octanol–water partition coefficient (Wildman–Crippen LogP) is 5.02. The summed E-state index contributed by atoms with van der Waals surface area (Å²) >= 11 is 0. The molecule has 0 saturated heterocycles. The highest BCUT2D eigenvalue weighted by Gasteiger charge is 1.99. The molecule has 0 saturated carbocycles. The van der Waals surface area contributed by atoms with E-state index < -0.39 is 5.97 Å². The summed E-state index contributed by atoms with van der Waals surface area (Å²) in [5, 5.41) is 8.48. The molecule has 0 fully saturated rings. The first kappa shape index (κ1) is 16.5. The Morgan fingerprint density at radius 3 is 1.88 bits per heavy atom. The summed E-state index contributed by atoms with van der Waals surface area (Å²) < 4.78 is 0. The Bertz CT molecular complexity index is 178. The summed E-state index contributed by atoms with van der Waals surface area (Å²) in [7, 11) is 0. The topological polar surface area (TPSA) is 37.3 Å². The number of carboxylic acids is 1. The van der Waals surface area contributed by atoms with Crippen LogP contribution in [0.1, 0.15) is 84.5 Å². The third-order valence-corrected chi connectivity index (χ3v) is 3.53. The highest BCUT2D eigenvalue weighted by atomic mass is 16.4. The van der Waals surface area contributed by atoms with Crippen LogP contribution in [0, 0.1) is 5.92 Å². The van der Waals surface area contributed by atoms with Crippen LogP contribution in [0.4, 0.5) is 0 Å². The molecule has 0 aliphatic carbocycles. The fourth-order valence-corrected chi connectivity index (χ4v) is 2.03. The van der Waals surface area contributed by atoms with E-state index in [1.54, 1.807) is 0 Å². The monoisotopic (exact) mass is 242 g/mol. The highest BCUT2D eigenvalue weighted by Crippen LogP contribution is 2.14. The number of aliphatic carboxylic acids is 1.